The highest BCUT2D eigenvalue weighted by Crippen LogP contribution is 2.28. The van der Waals surface area contributed by atoms with Gasteiger partial charge in [0.15, 0.2) is 0 Å². The van der Waals surface area contributed by atoms with Gasteiger partial charge in [0.1, 0.15) is 11.5 Å². The van der Waals surface area contributed by atoms with Gasteiger partial charge in [-0.1, -0.05) is 38.1 Å². The van der Waals surface area contributed by atoms with E-state index in [0.717, 1.165) is 43.0 Å². The lowest BCUT2D eigenvalue weighted by Crippen LogP contribution is -2.43. The molecule has 1 aliphatic rings. The van der Waals surface area contributed by atoms with Crippen LogP contribution < -0.4 is 14.8 Å². The van der Waals surface area contributed by atoms with Crippen molar-refractivity contribution in [3.05, 3.63) is 58.7 Å². The molecule has 1 unspecified atom stereocenters. The summed E-state index contributed by atoms with van der Waals surface area (Å²) >= 11 is 0. The largest absolute Gasteiger partial charge is 0.497 e. The molecule has 1 amide bonds. The second-order valence-corrected chi connectivity index (χ2v) is 8.03. The fourth-order valence-corrected chi connectivity index (χ4v) is 4.01. The molecule has 0 saturated carbocycles. The van der Waals surface area contributed by atoms with Crippen LogP contribution in [0.3, 0.4) is 0 Å². The van der Waals surface area contributed by atoms with Crippen LogP contribution in [0.4, 0.5) is 0 Å². The first-order valence-electron chi connectivity index (χ1n) is 11.9. The Morgan fingerprint density at radius 1 is 1.12 bits per heavy atom. The van der Waals surface area contributed by atoms with E-state index in [4.69, 9.17) is 9.47 Å². The highest BCUT2D eigenvalue weighted by Gasteiger charge is 2.24. The summed E-state index contributed by atoms with van der Waals surface area (Å²) in [6, 6.07) is 12.5. The molecule has 0 spiro atoms. The third kappa shape index (κ3) is 6.99. The molecule has 0 bridgehead atoms. The highest BCUT2D eigenvalue weighted by atomic mass is 16.5. The minimum absolute atomic E-state index is 0.162. The number of likely N-dealkylation sites (tertiary alicyclic amines) is 1. The number of piperidine rings is 1. The zero-order valence-corrected chi connectivity index (χ0v) is 20.7. The van der Waals surface area contributed by atoms with Crippen molar-refractivity contribution in [2.24, 2.45) is 0 Å². The number of aryl methyl sites for hydroxylation is 2. The second kappa shape index (κ2) is 13.1. The summed E-state index contributed by atoms with van der Waals surface area (Å²) in [5, 5.41) is 3.29. The lowest BCUT2D eigenvalue weighted by molar-refractivity contribution is -0.131. The smallest absolute Gasteiger partial charge is 0.236 e. The van der Waals surface area contributed by atoms with E-state index in [2.05, 4.69) is 37.4 Å². The predicted molar refractivity (Wildman–Crippen MR) is 132 cm³/mol. The van der Waals surface area contributed by atoms with Crippen LogP contribution in [0.5, 0.6) is 11.5 Å². The first kappa shape index (κ1) is 25.7. The summed E-state index contributed by atoms with van der Waals surface area (Å²) in [6.07, 6.45) is 2.19. The number of methoxy groups -OCH3 is 1. The summed E-state index contributed by atoms with van der Waals surface area (Å²) in [7, 11) is 1.64. The summed E-state index contributed by atoms with van der Waals surface area (Å²) in [4.78, 5) is 14.8. The molecule has 2 aromatic rings. The van der Waals surface area contributed by atoms with Crippen molar-refractivity contribution in [2.75, 3.05) is 33.4 Å². The van der Waals surface area contributed by atoms with Gasteiger partial charge < -0.3 is 19.7 Å². The third-order valence-corrected chi connectivity index (χ3v) is 5.94. The second-order valence-electron chi connectivity index (χ2n) is 8.03. The van der Waals surface area contributed by atoms with E-state index in [0.29, 0.717) is 25.6 Å². The lowest BCUT2D eigenvalue weighted by Gasteiger charge is -2.33. The number of hydrogen-bond acceptors (Lipinski definition) is 4. The summed E-state index contributed by atoms with van der Waals surface area (Å²) in [5.41, 5.74) is 5.01. The standard InChI is InChI=1S/C25H34N2O3.C2H6/c1-5-30-24-14-23(29-4)11-10-21(24)15-26-16-25(28)27-12-6-7-22(17-27)20-9-8-18(2)19(3)13-20;1-2/h8-11,13-14,22,26H,5-7,12,15-17H2,1-4H3;1-2H3. The highest BCUT2D eigenvalue weighted by molar-refractivity contribution is 5.78. The zero-order valence-electron chi connectivity index (χ0n) is 20.7. The van der Waals surface area contributed by atoms with Gasteiger partial charge in [-0.25, -0.2) is 0 Å². The molecule has 5 nitrogen and oxygen atoms in total. The average Bonchev–Trinajstić information content (AvgIpc) is 2.83. The molecule has 0 aliphatic carbocycles. The number of benzene rings is 2. The molecular formula is C27H40N2O3. The van der Waals surface area contributed by atoms with Crippen LogP contribution in [0, 0.1) is 13.8 Å². The topological polar surface area (TPSA) is 50.8 Å². The van der Waals surface area contributed by atoms with Crippen LogP contribution in [0.25, 0.3) is 0 Å². The number of hydrogen-bond donors (Lipinski definition) is 1. The van der Waals surface area contributed by atoms with Crippen molar-refractivity contribution in [1.82, 2.24) is 10.2 Å². The van der Waals surface area contributed by atoms with Gasteiger partial charge in [-0.15, -0.1) is 0 Å². The average molecular weight is 441 g/mol. The summed E-state index contributed by atoms with van der Waals surface area (Å²) < 4.78 is 11.0. The van der Waals surface area contributed by atoms with Crippen LogP contribution in [0.2, 0.25) is 0 Å². The summed E-state index contributed by atoms with van der Waals surface area (Å²) in [6.45, 7) is 13.4. The van der Waals surface area contributed by atoms with Crippen molar-refractivity contribution >= 4 is 5.91 Å². The molecule has 1 aliphatic heterocycles. The Kier molecular flexibility index (Phi) is 10.5. The lowest BCUT2D eigenvalue weighted by atomic mass is 9.89. The van der Waals surface area contributed by atoms with E-state index in [-0.39, 0.29) is 5.91 Å². The maximum absolute atomic E-state index is 12.8. The number of amides is 1. The molecule has 2 aromatic carbocycles. The zero-order chi connectivity index (χ0) is 23.5. The van der Waals surface area contributed by atoms with Gasteiger partial charge in [-0.3, -0.25) is 4.79 Å². The molecule has 1 atom stereocenters. The monoisotopic (exact) mass is 440 g/mol. The SMILES string of the molecule is CC.CCOc1cc(OC)ccc1CNCC(=O)N1CCCC(c2ccc(C)c(C)c2)C1. The molecule has 1 N–H and O–H groups in total. The van der Waals surface area contributed by atoms with E-state index < -0.39 is 0 Å². The molecule has 1 saturated heterocycles. The Morgan fingerprint density at radius 2 is 1.91 bits per heavy atom. The van der Waals surface area contributed by atoms with Crippen molar-refractivity contribution in [3.8, 4) is 11.5 Å². The molecular weight excluding hydrogens is 400 g/mol. The van der Waals surface area contributed by atoms with Gasteiger partial charge in [0.2, 0.25) is 5.91 Å². The minimum Gasteiger partial charge on any atom is -0.497 e. The van der Waals surface area contributed by atoms with E-state index >= 15 is 0 Å². The minimum atomic E-state index is 0.162. The number of rotatable bonds is 8. The summed E-state index contributed by atoms with van der Waals surface area (Å²) in [5.74, 6) is 2.15. The molecule has 176 valence electrons. The van der Waals surface area contributed by atoms with Crippen LogP contribution in [-0.2, 0) is 11.3 Å². The normalized spacial score (nSPS) is 15.6. The van der Waals surface area contributed by atoms with Gasteiger partial charge in [0.05, 0.1) is 20.3 Å². The Labute approximate surface area is 194 Å². The Bertz CT molecular complexity index is 866. The van der Waals surface area contributed by atoms with Gasteiger partial charge in [0.25, 0.3) is 0 Å². The molecule has 0 aromatic heterocycles. The number of nitrogens with zero attached hydrogens (tertiary/aromatic N) is 1. The van der Waals surface area contributed by atoms with E-state index in [9.17, 15) is 4.79 Å². The first-order valence-corrected chi connectivity index (χ1v) is 11.9. The molecule has 0 radical (unpaired) electrons. The van der Waals surface area contributed by atoms with Gasteiger partial charge >= 0.3 is 0 Å². The third-order valence-electron chi connectivity index (χ3n) is 5.94. The van der Waals surface area contributed by atoms with Gasteiger partial charge in [-0.2, -0.15) is 0 Å². The fraction of sp³-hybridized carbons (Fsp3) is 0.519. The van der Waals surface area contributed by atoms with Crippen LogP contribution in [0.1, 0.15) is 61.8 Å². The molecule has 1 heterocycles. The molecule has 3 rings (SSSR count). The number of ether oxygens (including phenoxy) is 2. The number of carbonyl (C=O) groups is 1. The van der Waals surface area contributed by atoms with Crippen molar-refractivity contribution in [3.63, 3.8) is 0 Å². The van der Waals surface area contributed by atoms with Gasteiger partial charge in [-0.05, 0) is 56.4 Å². The Balaban J connectivity index is 0.00000176. The Morgan fingerprint density at radius 3 is 2.59 bits per heavy atom. The number of nitrogens with one attached hydrogen (secondary N) is 1. The predicted octanol–water partition coefficient (Wildman–Crippen LogP) is 5.23. The van der Waals surface area contributed by atoms with E-state index in [1.807, 2.05) is 43.9 Å². The quantitative estimate of drug-likeness (QED) is 0.610. The van der Waals surface area contributed by atoms with Crippen molar-refractivity contribution in [2.45, 2.75) is 59.9 Å². The van der Waals surface area contributed by atoms with Crippen LogP contribution in [-0.4, -0.2) is 44.2 Å². The van der Waals surface area contributed by atoms with E-state index in [1.54, 1.807) is 7.11 Å². The molecule has 5 heteroatoms. The van der Waals surface area contributed by atoms with Crippen LogP contribution in [0.15, 0.2) is 36.4 Å². The fourth-order valence-electron chi connectivity index (χ4n) is 4.01. The molecule has 1 fully saturated rings. The maximum atomic E-state index is 12.8. The van der Waals surface area contributed by atoms with Gasteiger partial charge in [0, 0.05) is 37.2 Å². The van der Waals surface area contributed by atoms with Crippen molar-refractivity contribution in [1.29, 1.82) is 0 Å². The van der Waals surface area contributed by atoms with Crippen LogP contribution >= 0.6 is 0 Å². The first-order chi connectivity index (χ1) is 15.5. The maximum Gasteiger partial charge on any atom is 0.236 e. The van der Waals surface area contributed by atoms with E-state index in [1.165, 1.54) is 16.7 Å². The molecule has 32 heavy (non-hydrogen) atoms. The number of carbonyl (C=O) groups excluding carboxylic acids is 1. The van der Waals surface area contributed by atoms with Crippen molar-refractivity contribution < 1.29 is 14.3 Å². The Hall–Kier alpha value is -2.53.